The molecule has 0 aliphatic heterocycles. The fourth-order valence-corrected chi connectivity index (χ4v) is 3.21. The summed E-state index contributed by atoms with van der Waals surface area (Å²) < 4.78 is 0. The van der Waals surface area contributed by atoms with Gasteiger partial charge in [-0.15, -0.1) is 0 Å². The van der Waals surface area contributed by atoms with Crippen LogP contribution >= 0.6 is 0 Å². The van der Waals surface area contributed by atoms with Crippen LogP contribution in [0.25, 0.3) is 0 Å². The molecule has 4 N–H and O–H groups in total. The molecule has 1 fully saturated rings. The Kier molecular flexibility index (Phi) is 5.71. The minimum atomic E-state index is -0.0565. The van der Waals surface area contributed by atoms with E-state index in [-0.39, 0.29) is 12.2 Å². The molecule has 31 heavy (non-hydrogen) atoms. The number of anilines is 2. The highest BCUT2D eigenvalue weighted by Crippen LogP contribution is 2.23. The van der Waals surface area contributed by atoms with Crippen LogP contribution in [0.2, 0.25) is 0 Å². The van der Waals surface area contributed by atoms with Crippen molar-refractivity contribution in [1.29, 1.82) is 0 Å². The average Bonchev–Trinajstić information content (AvgIpc) is 2.76. The average molecular weight is 409 g/mol. The van der Waals surface area contributed by atoms with Crippen LogP contribution in [0.15, 0.2) is 87.8 Å². The summed E-state index contributed by atoms with van der Waals surface area (Å²) in [4.78, 5) is 26.9. The van der Waals surface area contributed by atoms with Crippen molar-refractivity contribution in [1.82, 2.24) is 0 Å². The van der Waals surface area contributed by atoms with Crippen molar-refractivity contribution < 1.29 is 4.79 Å². The van der Waals surface area contributed by atoms with Gasteiger partial charge in [0.25, 0.3) is 0 Å². The van der Waals surface area contributed by atoms with Gasteiger partial charge in [-0.05, 0) is 67.6 Å². The first-order valence-corrected chi connectivity index (χ1v) is 10.0. The first-order valence-electron chi connectivity index (χ1n) is 10.0. The number of carbonyl (C=O) groups excluding carboxylic acids is 1. The van der Waals surface area contributed by atoms with Gasteiger partial charge in [0, 0.05) is 17.8 Å². The maximum Gasteiger partial charge on any atom is 0.183 e. The Morgan fingerprint density at radius 2 is 0.968 bits per heavy atom. The summed E-state index contributed by atoms with van der Waals surface area (Å²) >= 11 is 0. The molecule has 0 saturated heterocycles. The predicted molar refractivity (Wildman–Crippen MR) is 128 cm³/mol. The number of carbonyl (C=O) groups is 1. The number of nitrogens with two attached hydrogens (primary N) is 2. The van der Waals surface area contributed by atoms with E-state index in [1.807, 2.05) is 43.3 Å². The molecule has 4 rings (SSSR count). The molecule has 6 nitrogen and oxygen atoms in total. The maximum absolute atomic E-state index is 12.9. The van der Waals surface area contributed by atoms with Crippen LogP contribution in [-0.2, 0) is 4.79 Å². The van der Waals surface area contributed by atoms with Gasteiger partial charge in [-0.2, -0.15) is 0 Å². The van der Waals surface area contributed by atoms with Gasteiger partial charge in [0.1, 0.15) is 0 Å². The second-order valence-electron chi connectivity index (χ2n) is 7.47. The number of aliphatic imine (C=N–C) groups is 3. The van der Waals surface area contributed by atoms with E-state index in [0.29, 0.717) is 34.9 Å². The van der Waals surface area contributed by atoms with Crippen molar-refractivity contribution in [3.8, 4) is 0 Å². The van der Waals surface area contributed by atoms with Gasteiger partial charge in [0.15, 0.2) is 5.78 Å². The summed E-state index contributed by atoms with van der Waals surface area (Å²) in [6.45, 7) is 2.02. The molecular formula is C25H23N5O. The normalized spacial score (nSPS) is 18.1. The highest BCUT2D eigenvalue weighted by molar-refractivity contribution is 6.62. The molecule has 1 saturated carbocycles. The third kappa shape index (κ3) is 5.11. The molecule has 0 spiro atoms. The van der Waals surface area contributed by atoms with Crippen molar-refractivity contribution in [3.05, 3.63) is 78.4 Å². The van der Waals surface area contributed by atoms with Crippen LogP contribution in [0.1, 0.15) is 18.4 Å². The second-order valence-corrected chi connectivity index (χ2v) is 7.47. The largest absolute Gasteiger partial charge is 0.399 e. The van der Waals surface area contributed by atoms with Gasteiger partial charge in [0.2, 0.25) is 0 Å². The van der Waals surface area contributed by atoms with Crippen LogP contribution in [0.3, 0.4) is 0 Å². The molecule has 3 aromatic rings. The molecule has 0 amide bonds. The molecular weight excluding hydrogens is 386 g/mol. The number of benzene rings is 3. The van der Waals surface area contributed by atoms with E-state index in [0.717, 1.165) is 22.6 Å². The highest BCUT2D eigenvalue weighted by atomic mass is 16.1. The Morgan fingerprint density at radius 3 is 1.45 bits per heavy atom. The third-order valence-electron chi connectivity index (χ3n) is 4.93. The Morgan fingerprint density at radius 1 is 0.581 bits per heavy atom. The lowest BCUT2D eigenvalue weighted by molar-refractivity contribution is -0.112. The molecule has 0 atom stereocenters. The van der Waals surface area contributed by atoms with Crippen molar-refractivity contribution in [2.45, 2.75) is 19.8 Å². The van der Waals surface area contributed by atoms with Gasteiger partial charge in [0.05, 0.1) is 40.6 Å². The third-order valence-corrected chi connectivity index (χ3v) is 4.93. The second kappa shape index (κ2) is 8.75. The molecule has 154 valence electrons. The monoisotopic (exact) mass is 409 g/mol. The zero-order valence-electron chi connectivity index (χ0n) is 17.2. The van der Waals surface area contributed by atoms with E-state index in [1.54, 1.807) is 36.4 Å². The maximum atomic E-state index is 12.9. The smallest absolute Gasteiger partial charge is 0.183 e. The number of nitrogen functional groups attached to an aromatic ring is 2. The molecule has 0 radical (unpaired) electrons. The lowest BCUT2D eigenvalue weighted by Crippen LogP contribution is -2.33. The van der Waals surface area contributed by atoms with E-state index in [1.165, 1.54) is 0 Å². The molecule has 0 heterocycles. The molecule has 0 unspecified atom stereocenters. The number of hydrogen-bond donors (Lipinski definition) is 2. The van der Waals surface area contributed by atoms with Crippen molar-refractivity contribution in [2.75, 3.05) is 11.5 Å². The highest BCUT2D eigenvalue weighted by Gasteiger charge is 2.27. The summed E-state index contributed by atoms with van der Waals surface area (Å²) in [5.74, 6) is -0.0565. The summed E-state index contributed by atoms with van der Waals surface area (Å²) in [6, 6.07) is 22.3. The van der Waals surface area contributed by atoms with Crippen LogP contribution in [0.4, 0.5) is 28.4 Å². The summed E-state index contributed by atoms with van der Waals surface area (Å²) in [5, 5.41) is 0. The SMILES string of the molecule is Cc1ccc(N=C2CC(=O)C(=Nc3ccc(N)cc3)CC2=Nc2ccc(N)cc2)cc1. The number of nitrogens with zero attached hydrogens (tertiary/aromatic N) is 3. The zero-order chi connectivity index (χ0) is 21.8. The zero-order valence-corrected chi connectivity index (χ0v) is 17.2. The number of hydrogen-bond acceptors (Lipinski definition) is 6. The van der Waals surface area contributed by atoms with Crippen molar-refractivity contribution >= 4 is 51.4 Å². The lowest BCUT2D eigenvalue weighted by atomic mass is 9.92. The Labute approximate surface area is 181 Å². The van der Waals surface area contributed by atoms with E-state index in [2.05, 4.69) is 4.99 Å². The minimum absolute atomic E-state index is 0.0565. The summed E-state index contributed by atoms with van der Waals surface area (Å²) in [5.41, 5.74) is 18.1. The fraction of sp³-hybridized carbons (Fsp3) is 0.120. The van der Waals surface area contributed by atoms with Crippen LogP contribution in [-0.4, -0.2) is 22.9 Å². The molecule has 0 bridgehead atoms. The molecule has 6 heteroatoms. The Hall–Kier alpha value is -4.06. The molecule has 3 aromatic carbocycles. The van der Waals surface area contributed by atoms with Crippen LogP contribution in [0, 0.1) is 6.92 Å². The fourth-order valence-electron chi connectivity index (χ4n) is 3.21. The van der Waals surface area contributed by atoms with Gasteiger partial charge < -0.3 is 11.5 Å². The van der Waals surface area contributed by atoms with Gasteiger partial charge >= 0.3 is 0 Å². The molecule has 1 aliphatic carbocycles. The minimum Gasteiger partial charge on any atom is -0.399 e. The topological polar surface area (TPSA) is 106 Å². The van der Waals surface area contributed by atoms with E-state index < -0.39 is 0 Å². The Balaban J connectivity index is 1.73. The summed E-state index contributed by atoms with van der Waals surface area (Å²) in [6.07, 6.45) is 0.452. The number of rotatable bonds is 3. The predicted octanol–water partition coefficient (Wildman–Crippen LogP) is 5.14. The lowest BCUT2D eigenvalue weighted by Gasteiger charge is -2.18. The van der Waals surface area contributed by atoms with Gasteiger partial charge in [-0.3, -0.25) is 14.8 Å². The van der Waals surface area contributed by atoms with Crippen LogP contribution < -0.4 is 11.5 Å². The molecule has 0 aromatic heterocycles. The van der Waals surface area contributed by atoms with E-state index >= 15 is 0 Å². The number of aryl methyl sites for hydroxylation is 1. The van der Waals surface area contributed by atoms with Gasteiger partial charge in [-0.25, -0.2) is 4.99 Å². The number of ketones is 1. The van der Waals surface area contributed by atoms with Crippen molar-refractivity contribution in [3.63, 3.8) is 0 Å². The van der Waals surface area contributed by atoms with E-state index in [9.17, 15) is 4.79 Å². The summed E-state index contributed by atoms with van der Waals surface area (Å²) in [7, 11) is 0. The Bertz CT molecular complexity index is 1190. The van der Waals surface area contributed by atoms with Gasteiger partial charge in [-0.1, -0.05) is 17.7 Å². The quantitative estimate of drug-likeness (QED) is 0.585. The van der Waals surface area contributed by atoms with E-state index in [4.69, 9.17) is 21.5 Å². The van der Waals surface area contributed by atoms with Crippen LogP contribution in [0.5, 0.6) is 0 Å². The molecule has 1 aliphatic rings. The first kappa shape index (κ1) is 20.2. The number of Topliss-reactive ketones (excluding diaryl/α,β-unsaturated/α-hetero) is 1. The standard InChI is InChI=1S/C25H23N5O/c1-16-2-8-19(9-3-16)29-23-15-25(31)24(30-21-12-6-18(27)7-13-21)14-22(23)28-20-10-4-17(26)5-11-20/h2-13H,14-15,26-27H2,1H3. The van der Waals surface area contributed by atoms with Crippen molar-refractivity contribution in [2.24, 2.45) is 15.0 Å². The first-order chi connectivity index (χ1) is 15.0.